The number of carbonyl (C=O) groups excluding carboxylic acids is 2. The Bertz CT molecular complexity index is 701. The summed E-state index contributed by atoms with van der Waals surface area (Å²) in [4.78, 5) is 23.8. The fraction of sp³-hybridized carbons (Fsp3) is 0.412. The van der Waals surface area contributed by atoms with Crippen molar-refractivity contribution in [1.29, 1.82) is 10.5 Å². The van der Waals surface area contributed by atoms with Crippen LogP contribution in [0.25, 0.3) is 6.08 Å². The van der Waals surface area contributed by atoms with Crippen molar-refractivity contribution < 1.29 is 18.7 Å². The summed E-state index contributed by atoms with van der Waals surface area (Å²) in [7, 11) is 0. The van der Waals surface area contributed by atoms with E-state index in [0.717, 1.165) is 19.3 Å². The highest BCUT2D eigenvalue weighted by atomic mass is 16.5. The van der Waals surface area contributed by atoms with Crippen LogP contribution in [0.4, 0.5) is 0 Å². The smallest absolute Gasteiger partial charge is 0.349 e. The zero-order chi connectivity index (χ0) is 17.4. The molecule has 7 heteroatoms. The predicted molar refractivity (Wildman–Crippen MR) is 82.8 cm³/mol. The van der Waals surface area contributed by atoms with Gasteiger partial charge in [0.25, 0.3) is 5.91 Å². The molecular weight excluding hydrogens is 310 g/mol. The van der Waals surface area contributed by atoms with Gasteiger partial charge in [-0.3, -0.25) is 4.79 Å². The van der Waals surface area contributed by atoms with Crippen LogP contribution in [0.15, 0.2) is 28.4 Å². The molecule has 1 aromatic rings. The number of nitrogens with one attached hydrogen (secondary N) is 1. The highest BCUT2D eigenvalue weighted by molar-refractivity contribution is 5.98. The van der Waals surface area contributed by atoms with Gasteiger partial charge in [-0.2, -0.15) is 10.5 Å². The van der Waals surface area contributed by atoms with E-state index in [4.69, 9.17) is 14.4 Å². The van der Waals surface area contributed by atoms with Crippen molar-refractivity contribution in [2.45, 2.75) is 37.6 Å². The average Bonchev–Trinajstić information content (AvgIpc) is 3.11. The molecule has 0 saturated heterocycles. The van der Waals surface area contributed by atoms with Gasteiger partial charge in [0.1, 0.15) is 22.9 Å². The number of amides is 1. The molecule has 0 aromatic carbocycles. The Morgan fingerprint density at radius 3 is 2.67 bits per heavy atom. The number of esters is 1. The van der Waals surface area contributed by atoms with E-state index in [2.05, 4.69) is 11.4 Å². The van der Waals surface area contributed by atoms with E-state index >= 15 is 0 Å². The quantitative estimate of drug-likeness (QED) is 0.503. The van der Waals surface area contributed by atoms with Gasteiger partial charge in [-0.15, -0.1) is 0 Å². The summed E-state index contributed by atoms with van der Waals surface area (Å²) in [5.74, 6) is -1.14. The molecule has 0 atom stereocenters. The lowest BCUT2D eigenvalue weighted by molar-refractivity contribution is -0.144. The van der Waals surface area contributed by atoms with Gasteiger partial charge in [0.05, 0.1) is 12.3 Å². The van der Waals surface area contributed by atoms with E-state index in [-0.39, 0.29) is 5.57 Å². The van der Waals surface area contributed by atoms with Crippen molar-refractivity contribution in [1.82, 2.24) is 5.32 Å². The zero-order valence-corrected chi connectivity index (χ0v) is 13.1. The molecule has 1 fully saturated rings. The fourth-order valence-electron chi connectivity index (χ4n) is 2.58. The lowest BCUT2D eigenvalue weighted by atomic mass is 9.83. The standard InChI is InChI=1S/C17H17N3O4/c18-10-13(9-14-5-4-8-23-14)16(22)24-11-15(21)20-17(12-19)6-2-1-3-7-17/h4-5,8-9H,1-3,6-7,11H2,(H,20,21)/b13-9+. The van der Waals surface area contributed by atoms with Crippen LogP contribution in [0.3, 0.4) is 0 Å². The number of nitrogens with zero attached hydrogens (tertiary/aromatic N) is 2. The average molecular weight is 327 g/mol. The second-order valence-corrected chi connectivity index (χ2v) is 5.56. The first-order valence-corrected chi connectivity index (χ1v) is 7.63. The molecule has 7 nitrogen and oxygen atoms in total. The number of hydrogen-bond donors (Lipinski definition) is 1. The monoisotopic (exact) mass is 327 g/mol. The second-order valence-electron chi connectivity index (χ2n) is 5.56. The van der Waals surface area contributed by atoms with Crippen LogP contribution in [0.5, 0.6) is 0 Å². The van der Waals surface area contributed by atoms with Crippen LogP contribution in [0.2, 0.25) is 0 Å². The summed E-state index contributed by atoms with van der Waals surface area (Å²) in [6.45, 7) is -0.542. The van der Waals surface area contributed by atoms with Gasteiger partial charge in [0, 0.05) is 6.08 Å². The van der Waals surface area contributed by atoms with Crippen LogP contribution in [-0.2, 0) is 14.3 Å². The molecule has 0 bridgehead atoms. The molecule has 0 unspecified atom stereocenters. The Kier molecular flexibility index (Phi) is 5.75. The maximum absolute atomic E-state index is 11.9. The molecule has 1 aliphatic rings. The molecule has 124 valence electrons. The Hall–Kier alpha value is -3.06. The van der Waals surface area contributed by atoms with Crippen molar-refractivity contribution in [3.8, 4) is 12.1 Å². The third-order valence-electron chi connectivity index (χ3n) is 3.80. The molecule has 2 rings (SSSR count). The van der Waals surface area contributed by atoms with Gasteiger partial charge in [-0.05, 0) is 25.0 Å². The molecule has 24 heavy (non-hydrogen) atoms. The number of rotatable bonds is 5. The minimum atomic E-state index is -0.918. The summed E-state index contributed by atoms with van der Waals surface area (Å²) in [5, 5.41) is 20.9. The minimum Gasteiger partial charge on any atom is -0.465 e. The third kappa shape index (κ3) is 4.47. The van der Waals surface area contributed by atoms with Crippen molar-refractivity contribution in [3.63, 3.8) is 0 Å². The fourth-order valence-corrected chi connectivity index (χ4v) is 2.58. The molecule has 1 saturated carbocycles. The number of nitriles is 2. The minimum absolute atomic E-state index is 0.273. The van der Waals surface area contributed by atoms with E-state index in [0.29, 0.717) is 18.6 Å². The van der Waals surface area contributed by atoms with Crippen LogP contribution in [-0.4, -0.2) is 24.0 Å². The van der Waals surface area contributed by atoms with Crippen molar-refractivity contribution >= 4 is 18.0 Å². The zero-order valence-electron chi connectivity index (χ0n) is 13.1. The molecule has 1 amide bonds. The van der Waals surface area contributed by atoms with Gasteiger partial charge in [0.2, 0.25) is 0 Å². The molecule has 1 aliphatic carbocycles. The summed E-state index contributed by atoms with van der Waals surface area (Å²) in [5.41, 5.74) is -1.16. The highest BCUT2D eigenvalue weighted by Gasteiger charge is 2.33. The van der Waals surface area contributed by atoms with Crippen LogP contribution in [0, 0.1) is 22.7 Å². The first kappa shape index (κ1) is 17.3. The van der Waals surface area contributed by atoms with Gasteiger partial charge in [-0.25, -0.2) is 4.79 Å². The lowest BCUT2D eigenvalue weighted by Crippen LogP contribution is -2.50. The Morgan fingerprint density at radius 1 is 1.33 bits per heavy atom. The van der Waals surface area contributed by atoms with Crippen molar-refractivity contribution in [2.75, 3.05) is 6.61 Å². The van der Waals surface area contributed by atoms with E-state index in [1.54, 1.807) is 18.2 Å². The molecule has 1 aromatic heterocycles. The SMILES string of the molecule is N#C/C(=C\c1ccco1)C(=O)OCC(=O)NC1(C#N)CCCCC1. The van der Waals surface area contributed by atoms with Crippen LogP contribution in [0.1, 0.15) is 37.9 Å². The molecule has 1 N–H and O–H groups in total. The number of hydrogen-bond acceptors (Lipinski definition) is 6. The normalized spacial score (nSPS) is 16.5. The van der Waals surface area contributed by atoms with Crippen LogP contribution >= 0.6 is 0 Å². The van der Waals surface area contributed by atoms with Crippen molar-refractivity contribution in [3.05, 3.63) is 29.7 Å². The molecule has 0 spiro atoms. The van der Waals surface area contributed by atoms with Crippen molar-refractivity contribution in [2.24, 2.45) is 0 Å². The van der Waals surface area contributed by atoms with Gasteiger partial charge in [-0.1, -0.05) is 19.3 Å². The molecule has 1 heterocycles. The second kappa shape index (κ2) is 7.98. The van der Waals surface area contributed by atoms with E-state index in [9.17, 15) is 14.9 Å². The largest absolute Gasteiger partial charge is 0.465 e. The van der Waals surface area contributed by atoms with Gasteiger partial charge >= 0.3 is 5.97 Å². The first-order valence-electron chi connectivity index (χ1n) is 7.63. The van der Waals surface area contributed by atoms with E-state index in [1.807, 2.05) is 0 Å². The topological polar surface area (TPSA) is 116 Å². The molecular formula is C17H17N3O4. The number of furan rings is 1. The Morgan fingerprint density at radius 2 is 2.08 bits per heavy atom. The Labute approximate surface area is 139 Å². The highest BCUT2D eigenvalue weighted by Crippen LogP contribution is 2.27. The third-order valence-corrected chi connectivity index (χ3v) is 3.80. The maximum Gasteiger partial charge on any atom is 0.349 e. The summed E-state index contributed by atoms with van der Waals surface area (Å²) >= 11 is 0. The Balaban J connectivity index is 1.90. The number of ether oxygens (including phenoxy) is 1. The van der Waals surface area contributed by atoms with Crippen LogP contribution < -0.4 is 5.32 Å². The first-order chi connectivity index (χ1) is 11.6. The molecule has 0 radical (unpaired) electrons. The van der Waals surface area contributed by atoms with E-state index in [1.165, 1.54) is 12.3 Å². The predicted octanol–water partition coefficient (Wildman–Crippen LogP) is 2.07. The van der Waals surface area contributed by atoms with Gasteiger partial charge in [0.15, 0.2) is 6.61 Å². The summed E-state index contributed by atoms with van der Waals surface area (Å²) < 4.78 is 9.86. The molecule has 0 aliphatic heterocycles. The number of carbonyl (C=O) groups is 2. The summed E-state index contributed by atoms with van der Waals surface area (Å²) in [6.07, 6.45) is 6.60. The maximum atomic E-state index is 11.9. The lowest BCUT2D eigenvalue weighted by Gasteiger charge is -2.31. The van der Waals surface area contributed by atoms with E-state index < -0.39 is 24.0 Å². The summed E-state index contributed by atoms with van der Waals surface area (Å²) in [6, 6.07) is 7.05. The van der Waals surface area contributed by atoms with Gasteiger partial charge < -0.3 is 14.5 Å².